The topological polar surface area (TPSA) is 47.0 Å². The van der Waals surface area contributed by atoms with E-state index in [0.29, 0.717) is 12.4 Å². The second-order valence-electron chi connectivity index (χ2n) is 5.30. The zero-order valence-corrected chi connectivity index (χ0v) is 14.0. The van der Waals surface area contributed by atoms with Crippen LogP contribution in [-0.2, 0) is 11.3 Å². The molecule has 0 bridgehead atoms. The Morgan fingerprint density at radius 1 is 1.04 bits per heavy atom. The number of aromatic nitrogens is 2. The largest absolute Gasteiger partial charge is 0.377 e. The summed E-state index contributed by atoms with van der Waals surface area (Å²) in [6, 6.07) is 19.2. The summed E-state index contributed by atoms with van der Waals surface area (Å²) in [4.78, 5) is 4.40. The highest BCUT2D eigenvalue weighted by Gasteiger charge is 2.09. The number of nitrogens with one attached hydrogen (secondary N) is 1. The first kappa shape index (κ1) is 15.6. The zero-order chi connectivity index (χ0) is 16.1. The van der Waals surface area contributed by atoms with Gasteiger partial charge in [0.2, 0.25) is 5.13 Å². The SMILES string of the molecule is COCc1nsc(NC(C)c2ccc(-c3ccccc3)cc2)n1. The molecule has 1 heterocycles. The molecule has 0 fully saturated rings. The van der Waals surface area contributed by atoms with Crippen LogP contribution in [-0.4, -0.2) is 16.5 Å². The van der Waals surface area contributed by atoms with Crippen molar-refractivity contribution in [3.05, 3.63) is 66.0 Å². The van der Waals surface area contributed by atoms with Gasteiger partial charge in [-0.15, -0.1) is 0 Å². The van der Waals surface area contributed by atoms with E-state index in [1.807, 2.05) is 6.07 Å². The molecule has 0 aliphatic rings. The molecule has 0 aliphatic heterocycles. The van der Waals surface area contributed by atoms with Crippen LogP contribution in [0.5, 0.6) is 0 Å². The lowest BCUT2D eigenvalue weighted by molar-refractivity contribution is 0.179. The van der Waals surface area contributed by atoms with Crippen LogP contribution in [0, 0.1) is 0 Å². The average molecular weight is 325 g/mol. The van der Waals surface area contributed by atoms with Crippen LogP contribution >= 0.6 is 11.5 Å². The van der Waals surface area contributed by atoms with Gasteiger partial charge in [0.25, 0.3) is 0 Å². The van der Waals surface area contributed by atoms with Crippen molar-refractivity contribution in [1.29, 1.82) is 0 Å². The van der Waals surface area contributed by atoms with Crippen molar-refractivity contribution in [2.24, 2.45) is 0 Å². The second-order valence-corrected chi connectivity index (χ2v) is 6.05. The van der Waals surface area contributed by atoms with E-state index in [1.54, 1.807) is 7.11 Å². The Hall–Kier alpha value is -2.24. The van der Waals surface area contributed by atoms with Gasteiger partial charge in [0.15, 0.2) is 5.82 Å². The van der Waals surface area contributed by atoms with Gasteiger partial charge in [-0.1, -0.05) is 54.6 Å². The Morgan fingerprint density at radius 2 is 1.74 bits per heavy atom. The third-order valence-corrected chi connectivity index (χ3v) is 4.28. The van der Waals surface area contributed by atoms with Crippen molar-refractivity contribution in [2.75, 3.05) is 12.4 Å². The van der Waals surface area contributed by atoms with Crippen LogP contribution in [0.25, 0.3) is 11.1 Å². The third kappa shape index (κ3) is 3.94. The van der Waals surface area contributed by atoms with Crippen LogP contribution in [0.1, 0.15) is 24.4 Å². The van der Waals surface area contributed by atoms with Gasteiger partial charge >= 0.3 is 0 Å². The van der Waals surface area contributed by atoms with Crippen LogP contribution in [0.3, 0.4) is 0 Å². The normalized spacial score (nSPS) is 12.1. The lowest BCUT2D eigenvalue weighted by Gasteiger charge is -2.13. The molecule has 0 radical (unpaired) electrons. The number of benzene rings is 2. The monoisotopic (exact) mass is 325 g/mol. The summed E-state index contributed by atoms with van der Waals surface area (Å²) in [5, 5.41) is 4.20. The molecule has 5 heteroatoms. The molecule has 23 heavy (non-hydrogen) atoms. The maximum absolute atomic E-state index is 5.04. The minimum Gasteiger partial charge on any atom is -0.377 e. The number of anilines is 1. The molecule has 0 aliphatic carbocycles. The van der Waals surface area contributed by atoms with Gasteiger partial charge in [-0.05, 0) is 23.6 Å². The highest BCUT2D eigenvalue weighted by molar-refractivity contribution is 7.09. The molecular formula is C18H19N3OS. The molecular weight excluding hydrogens is 306 g/mol. The van der Waals surface area contributed by atoms with Gasteiger partial charge in [-0.3, -0.25) is 0 Å². The maximum atomic E-state index is 5.04. The minimum absolute atomic E-state index is 0.170. The molecule has 3 rings (SSSR count). The number of rotatable bonds is 6. The third-order valence-electron chi connectivity index (χ3n) is 3.60. The summed E-state index contributed by atoms with van der Waals surface area (Å²) >= 11 is 1.36. The predicted octanol–water partition coefficient (Wildman–Crippen LogP) is 4.52. The standard InChI is InChI=1S/C18H19N3OS/c1-13(19-18-20-17(12-22-2)21-23-18)14-8-10-16(11-9-14)15-6-4-3-5-7-15/h3-11,13H,12H2,1-2H3,(H,19,20,21). The molecule has 1 aromatic heterocycles. The molecule has 0 amide bonds. The minimum atomic E-state index is 0.170. The van der Waals surface area contributed by atoms with Crippen molar-refractivity contribution in [2.45, 2.75) is 19.6 Å². The number of hydrogen-bond acceptors (Lipinski definition) is 5. The van der Waals surface area contributed by atoms with Gasteiger partial charge in [0, 0.05) is 18.6 Å². The van der Waals surface area contributed by atoms with Crippen LogP contribution < -0.4 is 5.32 Å². The molecule has 0 saturated carbocycles. The van der Waals surface area contributed by atoms with E-state index >= 15 is 0 Å². The van der Waals surface area contributed by atoms with E-state index in [2.05, 4.69) is 70.1 Å². The summed E-state index contributed by atoms with van der Waals surface area (Å²) < 4.78 is 9.29. The fourth-order valence-corrected chi connectivity index (χ4v) is 3.02. The molecule has 118 valence electrons. The molecule has 2 aromatic carbocycles. The Morgan fingerprint density at radius 3 is 2.43 bits per heavy atom. The number of ether oxygens (including phenoxy) is 1. The van der Waals surface area contributed by atoms with Crippen molar-refractivity contribution in [1.82, 2.24) is 9.36 Å². The van der Waals surface area contributed by atoms with Crippen LogP contribution in [0.2, 0.25) is 0 Å². The lowest BCUT2D eigenvalue weighted by Crippen LogP contribution is -2.06. The second kappa shape index (κ2) is 7.35. The summed E-state index contributed by atoms with van der Waals surface area (Å²) in [5.41, 5.74) is 3.67. The van der Waals surface area contributed by atoms with Gasteiger partial charge in [-0.25, -0.2) is 4.98 Å². The highest BCUT2D eigenvalue weighted by atomic mass is 32.1. The lowest BCUT2D eigenvalue weighted by atomic mass is 10.0. The van der Waals surface area contributed by atoms with Crippen molar-refractivity contribution in [3.63, 3.8) is 0 Å². The summed E-state index contributed by atoms with van der Waals surface area (Å²) in [6.07, 6.45) is 0. The van der Waals surface area contributed by atoms with E-state index in [1.165, 1.54) is 28.2 Å². The Balaban J connectivity index is 1.68. The summed E-state index contributed by atoms with van der Waals surface area (Å²) in [6.45, 7) is 2.56. The van der Waals surface area contributed by atoms with Crippen molar-refractivity contribution < 1.29 is 4.74 Å². The highest BCUT2D eigenvalue weighted by Crippen LogP contribution is 2.24. The van der Waals surface area contributed by atoms with Crippen molar-refractivity contribution in [3.8, 4) is 11.1 Å². The summed E-state index contributed by atoms with van der Waals surface area (Å²) in [7, 11) is 1.64. The number of nitrogens with zero attached hydrogens (tertiary/aromatic N) is 2. The van der Waals surface area contributed by atoms with Crippen molar-refractivity contribution >= 4 is 16.7 Å². The fourth-order valence-electron chi connectivity index (χ4n) is 2.36. The number of hydrogen-bond donors (Lipinski definition) is 1. The van der Waals surface area contributed by atoms with E-state index in [0.717, 1.165) is 5.13 Å². The van der Waals surface area contributed by atoms with Crippen LogP contribution in [0.15, 0.2) is 54.6 Å². The Bertz CT molecular complexity index is 740. The van der Waals surface area contributed by atoms with Gasteiger partial charge in [0.05, 0.1) is 6.04 Å². The first-order chi connectivity index (χ1) is 11.3. The fraction of sp³-hybridized carbons (Fsp3) is 0.222. The van der Waals surface area contributed by atoms with Gasteiger partial charge in [-0.2, -0.15) is 4.37 Å². The molecule has 1 N–H and O–H groups in total. The molecule has 4 nitrogen and oxygen atoms in total. The Kier molecular flexibility index (Phi) is 5.00. The van der Waals surface area contributed by atoms with Gasteiger partial charge in [0.1, 0.15) is 6.61 Å². The molecule has 1 atom stereocenters. The zero-order valence-electron chi connectivity index (χ0n) is 13.2. The molecule has 0 saturated heterocycles. The van der Waals surface area contributed by atoms with Crippen LogP contribution in [0.4, 0.5) is 5.13 Å². The maximum Gasteiger partial charge on any atom is 0.203 e. The number of methoxy groups -OCH3 is 1. The molecule has 0 spiro atoms. The van der Waals surface area contributed by atoms with E-state index < -0.39 is 0 Å². The van der Waals surface area contributed by atoms with E-state index in [4.69, 9.17) is 4.74 Å². The first-order valence-electron chi connectivity index (χ1n) is 7.49. The predicted molar refractivity (Wildman–Crippen MR) is 94.5 cm³/mol. The van der Waals surface area contributed by atoms with Gasteiger partial charge < -0.3 is 10.1 Å². The Labute approximate surface area is 140 Å². The molecule has 3 aromatic rings. The first-order valence-corrected chi connectivity index (χ1v) is 8.27. The summed E-state index contributed by atoms with van der Waals surface area (Å²) in [5.74, 6) is 0.714. The molecule has 1 unspecified atom stereocenters. The average Bonchev–Trinajstić information content (AvgIpc) is 3.03. The van der Waals surface area contributed by atoms with E-state index in [9.17, 15) is 0 Å². The quantitative estimate of drug-likeness (QED) is 0.723. The smallest absolute Gasteiger partial charge is 0.203 e. The van der Waals surface area contributed by atoms with E-state index in [-0.39, 0.29) is 6.04 Å².